The van der Waals surface area contributed by atoms with Crippen molar-refractivity contribution < 1.29 is 0 Å². The quantitative estimate of drug-likeness (QED) is 0.667. The second kappa shape index (κ2) is 3.93. The zero-order valence-electron chi connectivity index (χ0n) is 8.16. The zero-order valence-corrected chi connectivity index (χ0v) is 8.16. The highest BCUT2D eigenvalue weighted by Gasteiger charge is 2.20. The van der Waals surface area contributed by atoms with Gasteiger partial charge in [0.05, 0.1) is 0 Å². The van der Waals surface area contributed by atoms with Crippen LogP contribution in [0.4, 0.5) is 0 Å². The topological polar surface area (TPSA) is 14.1 Å². The maximum atomic E-state index is 4.66. The van der Waals surface area contributed by atoms with Crippen LogP contribution in [0.15, 0.2) is 24.3 Å². The van der Waals surface area contributed by atoms with Crippen molar-refractivity contribution in [1.82, 2.24) is 5.32 Å². The first-order valence-corrected chi connectivity index (χ1v) is 5.13. The zero-order chi connectivity index (χ0) is 9.10. The molecule has 0 atom stereocenters. The van der Waals surface area contributed by atoms with E-state index in [2.05, 4.69) is 36.5 Å². The summed E-state index contributed by atoms with van der Waals surface area (Å²) in [6, 6.07) is 9.28. The maximum absolute atomic E-state index is 4.66. The lowest BCUT2D eigenvalue weighted by atomic mass is 10.1. The van der Waals surface area contributed by atoms with Crippen molar-refractivity contribution in [1.29, 1.82) is 0 Å². The van der Waals surface area contributed by atoms with E-state index in [0.29, 0.717) is 6.04 Å². The predicted octanol–water partition coefficient (Wildman–Crippen LogP) is 2.17. The third-order valence-electron chi connectivity index (χ3n) is 2.64. The monoisotopic (exact) mass is 174 g/mol. The molecule has 0 saturated heterocycles. The molecule has 0 amide bonds. The third-order valence-corrected chi connectivity index (χ3v) is 2.64. The van der Waals surface area contributed by atoms with Crippen molar-refractivity contribution in [3.63, 3.8) is 0 Å². The van der Waals surface area contributed by atoms with E-state index in [9.17, 15) is 0 Å². The Hall–Kier alpha value is -0.820. The Kier molecular flexibility index (Phi) is 2.65. The van der Waals surface area contributed by atoms with Crippen LogP contribution in [0, 0.1) is 0 Å². The fourth-order valence-electron chi connectivity index (χ4n) is 1.98. The summed E-state index contributed by atoms with van der Waals surface area (Å²) in [6.07, 6.45) is 3.50. The van der Waals surface area contributed by atoms with E-state index in [1.54, 1.807) is 0 Å². The predicted molar refractivity (Wildman–Crippen MR) is 54.9 cm³/mol. The van der Waals surface area contributed by atoms with Gasteiger partial charge in [-0.15, -0.1) is 0 Å². The highest BCUT2D eigenvalue weighted by molar-refractivity contribution is 5.33. The van der Waals surface area contributed by atoms with Crippen LogP contribution in [0.3, 0.4) is 0 Å². The van der Waals surface area contributed by atoms with Crippen LogP contribution in [-0.2, 0) is 12.8 Å². The number of hydrogen-bond donors (Lipinski definition) is 0. The van der Waals surface area contributed by atoms with E-state index < -0.39 is 0 Å². The van der Waals surface area contributed by atoms with Crippen LogP contribution in [0.1, 0.15) is 24.5 Å². The highest BCUT2D eigenvalue weighted by Crippen LogP contribution is 2.21. The molecule has 1 aliphatic carbocycles. The van der Waals surface area contributed by atoms with Gasteiger partial charge in [0, 0.05) is 12.6 Å². The van der Waals surface area contributed by atoms with E-state index in [-0.39, 0.29) is 0 Å². The maximum Gasteiger partial charge on any atom is 0.0326 e. The van der Waals surface area contributed by atoms with Gasteiger partial charge in [-0.3, -0.25) is 0 Å². The molecule has 1 heteroatoms. The smallest absolute Gasteiger partial charge is 0.0326 e. The molecule has 0 N–H and O–H groups in total. The summed E-state index contributed by atoms with van der Waals surface area (Å²) in [7, 11) is 0. The minimum atomic E-state index is 0.567. The van der Waals surface area contributed by atoms with Crippen LogP contribution in [0.5, 0.6) is 0 Å². The average Bonchev–Trinajstić information content (AvgIpc) is 2.57. The summed E-state index contributed by atoms with van der Waals surface area (Å²) < 4.78 is 0. The van der Waals surface area contributed by atoms with Gasteiger partial charge in [-0.05, 0) is 30.4 Å². The van der Waals surface area contributed by atoms with E-state index in [4.69, 9.17) is 0 Å². The normalized spacial score (nSPS) is 16.1. The first-order chi connectivity index (χ1) is 6.40. The number of hydrogen-bond acceptors (Lipinski definition) is 0. The number of benzene rings is 1. The molecule has 69 valence electrons. The lowest BCUT2D eigenvalue weighted by Crippen LogP contribution is -2.22. The van der Waals surface area contributed by atoms with Crippen molar-refractivity contribution in [2.75, 3.05) is 6.54 Å². The lowest BCUT2D eigenvalue weighted by molar-refractivity contribution is 0.520. The minimum absolute atomic E-state index is 0.567. The summed E-state index contributed by atoms with van der Waals surface area (Å²) in [6.45, 7) is 3.21. The van der Waals surface area contributed by atoms with E-state index in [0.717, 1.165) is 19.4 Å². The van der Waals surface area contributed by atoms with Crippen molar-refractivity contribution in [3.8, 4) is 0 Å². The Morgan fingerprint density at radius 1 is 1.23 bits per heavy atom. The largest absolute Gasteiger partial charge is 0.238 e. The molecule has 0 bridgehead atoms. The fraction of sp³-hybridized carbons (Fsp3) is 0.500. The molecule has 1 aromatic carbocycles. The molecule has 0 saturated carbocycles. The molecule has 1 nitrogen and oxygen atoms in total. The van der Waals surface area contributed by atoms with Gasteiger partial charge in [-0.2, -0.15) is 0 Å². The van der Waals surface area contributed by atoms with Gasteiger partial charge >= 0.3 is 0 Å². The van der Waals surface area contributed by atoms with E-state index >= 15 is 0 Å². The van der Waals surface area contributed by atoms with Gasteiger partial charge in [-0.1, -0.05) is 31.2 Å². The number of rotatable bonds is 3. The Balaban J connectivity index is 1.97. The molecule has 0 unspecified atom stereocenters. The summed E-state index contributed by atoms with van der Waals surface area (Å²) in [4.78, 5) is 0. The molecular formula is C12H16N. The van der Waals surface area contributed by atoms with Gasteiger partial charge in [-0.25, -0.2) is 5.32 Å². The van der Waals surface area contributed by atoms with Crippen LogP contribution in [0.2, 0.25) is 0 Å². The van der Waals surface area contributed by atoms with Crippen molar-refractivity contribution in [2.24, 2.45) is 0 Å². The minimum Gasteiger partial charge on any atom is -0.238 e. The van der Waals surface area contributed by atoms with Crippen LogP contribution < -0.4 is 5.32 Å². The second-order valence-corrected chi connectivity index (χ2v) is 3.74. The van der Waals surface area contributed by atoms with Crippen molar-refractivity contribution in [3.05, 3.63) is 35.4 Å². The van der Waals surface area contributed by atoms with Crippen molar-refractivity contribution in [2.45, 2.75) is 32.2 Å². The van der Waals surface area contributed by atoms with Crippen molar-refractivity contribution >= 4 is 0 Å². The Morgan fingerprint density at radius 2 is 1.85 bits per heavy atom. The summed E-state index contributed by atoms with van der Waals surface area (Å²) >= 11 is 0. The lowest BCUT2D eigenvalue weighted by Gasteiger charge is -2.07. The molecule has 13 heavy (non-hydrogen) atoms. The average molecular weight is 174 g/mol. The fourth-order valence-corrected chi connectivity index (χ4v) is 1.98. The first-order valence-electron chi connectivity index (χ1n) is 5.13. The molecule has 0 heterocycles. The van der Waals surface area contributed by atoms with E-state index in [1.807, 2.05) is 0 Å². The Labute approximate surface area is 80.2 Å². The Morgan fingerprint density at radius 3 is 2.38 bits per heavy atom. The number of nitrogens with zero attached hydrogens (tertiary/aromatic N) is 1. The molecule has 1 aromatic rings. The van der Waals surface area contributed by atoms with Crippen LogP contribution in [-0.4, -0.2) is 12.6 Å². The second-order valence-electron chi connectivity index (χ2n) is 3.74. The highest BCUT2D eigenvalue weighted by atomic mass is 14.9. The first kappa shape index (κ1) is 8.76. The standard InChI is InChI=1S/C12H16N/c1-2-7-13-12-8-10-5-3-4-6-11(10)9-12/h3-6,12H,2,7-9H2,1H3. The molecule has 0 spiro atoms. The van der Waals surface area contributed by atoms with Crippen LogP contribution in [0.25, 0.3) is 0 Å². The molecule has 0 aliphatic heterocycles. The summed E-state index contributed by atoms with van der Waals surface area (Å²) in [5, 5.41) is 4.66. The van der Waals surface area contributed by atoms with Gasteiger partial charge in [0.2, 0.25) is 0 Å². The molecule has 1 radical (unpaired) electrons. The molecule has 0 fully saturated rings. The molecule has 1 aliphatic rings. The van der Waals surface area contributed by atoms with Gasteiger partial charge in [0.25, 0.3) is 0 Å². The molecule has 0 aromatic heterocycles. The van der Waals surface area contributed by atoms with E-state index in [1.165, 1.54) is 17.5 Å². The van der Waals surface area contributed by atoms with Gasteiger partial charge < -0.3 is 0 Å². The molecule has 2 rings (SSSR count). The number of fused-ring (bicyclic) bond motifs is 1. The summed E-state index contributed by atoms with van der Waals surface area (Å²) in [5.74, 6) is 0. The summed E-state index contributed by atoms with van der Waals surface area (Å²) in [5.41, 5.74) is 3.01. The molecular weight excluding hydrogens is 158 g/mol. The third kappa shape index (κ3) is 1.92. The van der Waals surface area contributed by atoms with Crippen LogP contribution >= 0.6 is 0 Å². The van der Waals surface area contributed by atoms with Gasteiger partial charge in [0.15, 0.2) is 0 Å². The van der Waals surface area contributed by atoms with Gasteiger partial charge in [0.1, 0.15) is 0 Å². The SMILES string of the molecule is CCC[N]C1Cc2ccccc2C1. The Bertz CT molecular complexity index is 255.